The van der Waals surface area contributed by atoms with Crippen molar-refractivity contribution in [1.29, 1.82) is 0 Å². The summed E-state index contributed by atoms with van der Waals surface area (Å²) < 4.78 is 41.8. The molecule has 3 aromatic rings. The van der Waals surface area contributed by atoms with Crippen LogP contribution in [-0.2, 0) is 14.8 Å². The SMILES string of the molecule is CC(C)C[C@@H](NC(=O)CN1c2ccc(F)cc2-c2ccccc2S1(=O)=O)c1ccccc1. The van der Waals surface area contributed by atoms with Gasteiger partial charge in [-0.15, -0.1) is 0 Å². The summed E-state index contributed by atoms with van der Waals surface area (Å²) in [6, 6.07) is 19.8. The number of carbonyl (C=O) groups is 1. The zero-order valence-electron chi connectivity index (χ0n) is 18.0. The fraction of sp³-hybridized carbons (Fsp3) is 0.240. The Bertz CT molecular complexity index is 1240. The van der Waals surface area contributed by atoms with Crippen molar-refractivity contribution in [2.24, 2.45) is 5.92 Å². The molecule has 1 aliphatic heterocycles. The second-order valence-electron chi connectivity index (χ2n) is 8.33. The highest BCUT2D eigenvalue weighted by atomic mass is 32.2. The zero-order chi connectivity index (χ0) is 22.9. The monoisotopic (exact) mass is 452 g/mol. The molecule has 5 nitrogen and oxygen atoms in total. The van der Waals surface area contributed by atoms with Crippen molar-refractivity contribution in [2.75, 3.05) is 10.8 Å². The third-order valence-electron chi connectivity index (χ3n) is 5.50. The first-order valence-electron chi connectivity index (χ1n) is 10.5. The highest BCUT2D eigenvalue weighted by molar-refractivity contribution is 7.93. The quantitative estimate of drug-likeness (QED) is 0.578. The van der Waals surface area contributed by atoms with Gasteiger partial charge in [-0.05, 0) is 42.2 Å². The van der Waals surface area contributed by atoms with E-state index < -0.39 is 28.3 Å². The Labute approximate surface area is 187 Å². The fourth-order valence-corrected chi connectivity index (χ4v) is 5.73. The molecule has 0 aliphatic carbocycles. The topological polar surface area (TPSA) is 66.5 Å². The van der Waals surface area contributed by atoms with E-state index in [1.165, 1.54) is 24.3 Å². The Morgan fingerprint density at radius 3 is 2.38 bits per heavy atom. The average molecular weight is 453 g/mol. The minimum atomic E-state index is -3.98. The van der Waals surface area contributed by atoms with Crippen LogP contribution >= 0.6 is 0 Å². The first kappa shape index (κ1) is 22.0. The van der Waals surface area contributed by atoms with Gasteiger partial charge in [-0.3, -0.25) is 9.10 Å². The van der Waals surface area contributed by atoms with Gasteiger partial charge in [0.15, 0.2) is 0 Å². The van der Waals surface area contributed by atoms with Gasteiger partial charge in [0.25, 0.3) is 10.0 Å². The van der Waals surface area contributed by atoms with E-state index in [1.807, 2.05) is 30.3 Å². The van der Waals surface area contributed by atoms with Crippen molar-refractivity contribution in [2.45, 2.75) is 31.2 Å². The molecule has 7 heteroatoms. The van der Waals surface area contributed by atoms with Gasteiger partial charge in [-0.25, -0.2) is 12.8 Å². The van der Waals surface area contributed by atoms with Crippen LogP contribution in [0.3, 0.4) is 0 Å². The third kappa shape index (κ3) is 4.25. The molecule has 0 aromatic heterocycles. The summed E-state index contributed by atoms with van der Waals surface area (Å²) in [7, 11) is -3.98. The molecule has 0 bridgehead atoms. The number of fused-ring (bicyclic) bond motifs is 3. The molecular formula is C25H25FN2O3S. The van der Waals surface area contributed by atoms with E-state index in [0.29, 0.717) is 29.2 Å². The molecule has 1 heterocycles. The molecule has 0 saturated heterocycles. The lowest BCUT2D eigenvalue weighted by Crippen LogP contribution is -2.43. The van der Waals surface area contributed by atoms with E-state index in [-0.39, 0.29) is 10.9 Å². The van der Waals surface area contributed by atoms with Crippen LogP contribution in [0.5, 0.6) is 0 Å². The number of hydrogen-bond acceptors (Lipinski definition) is 3. The van der Waals surface area contributed by atoms with E-state index in [4.69, 9.17) is 0 Å². The van der Waals surface area contributed by atoms with E-state index in [9.17, 15) is 17.6 Å². The largest absolute Gasteiger partial charge is 0.348 e. The van der Waals surface area contributed by atoms with E-state index in [2.05, 4.69) is 19.2 Å². The van der Waals surface area contributed by atoms with Gasteiger partial charge < -0.3 is 5.32 Å². The Morgan fingerprint density at radius 1 is 0.969 bits per heavy atom. The number of amides is 1. The van der Waals surface area contributed by atoms with Crippen molar-refractivity contribution in [1.82, 2.24) is 5.32 Å². The Hall–Kier alpha value is -3.19. The van der Waals surface area contributed by atoms with Gasteiger partial charge in [0.2, 0.25) is 5.91 Å². The van der Waals surface area contributed by atoms with Gasteiger partial charge >= 0.3 is 0 Å². The molecule has 4 rings (SSSR count). The number of nitrogens with zero attached hydrogens (tertiary/aromatic N) is 1. The minimum absolute atomic E-state index is 0.0627. The molecule has 32 heavy (non-hydrogen) atoms. The lowest BCUT2D eigenvalue weighted by Gasteiger charge is -2.32. The first-order valence-corrected chi connectivity index (χ1v) is 12.0. The van der Waals surface area contributed by atoms with Gasteiger partial charge in [-0.2, -0.15) is 0 Å². The number of rotatable bonds is 6. The maximum atomic E-state index is 14.0. The first-order chi connectivity index (χ1) is 15.3. The maximum absolute atomic E-state index is 14.0. The fourth-order valence-electron chi connectivity index (χ4n) is 4.08. The molecule has 1 N–H and O–H groups in total. The Morgan fingerprint density at radius 2 is 1.66 bits per heavy atom. The predicted octanol–water partition coefficient (Wildman–Crippen LogP) is 4.91. The summed E-state index contributed by atoms with van der Waals surface area (Å²) in [5.41, 5.74) is 2.13. The molecule has 166 valence electrons. The van der Waals surface area contributed by atoms with Crippen LogP contribution in [0.1, 0.15) is 31.9 Å². The van der Waals surface area contributed by atoms with Crippen LogP contribution in [-0.4, -0.2) is 20.9 Å². The maximum Gasteiger partial charge on any atom is 0.265 e. The number of nitrogens with one attached hydrogen (secondary N) is 1. The summed E-state index contributed by atoms with van der Waals surface area (Å²) in [6.45, 7) is 3.74. The van der Waals surface area contributed by atoms with Gasteiger partial charge in [0.1, 0.15) is 12.4 Å². The molecule has 3 aromatic carbocycles. The van der Waals surface area contributed by atoms with Crippen LogP contribution in [0.2, 0.25) is 0 Å². The highest BCUT2D eigenvalue weighted by Crippen LogP contribution is 2.43. The summed E-state index contributed by atoms with van der Waals surface area (Å²) >= 11 is 0. The minimum Gasteiger partial charge on any atom is -0.348 e. The van der Waals surface area contributed by atoms with Crippen LogP contribution in [0, 0.1) is 11.7 Å². The summed E-state index contributed by atoms with van der Waals surface area (Å²) in [6.07, 6.45) is 0.715. The molecule has 1 amide bonds. The lowest BCUT2D eigenvalue weighted by molar-refractivity contribution is -0.120. The second kappa shape index (κ2) is 8.74. The van der Waals surface area contributed by atoms with Gasteiger partial charge in [0.05, 0.1) is 16.6 Å². The Kier molecular flexibility index (Phi) is 6.02. The summed E-state index contributed by atoms with van der Waals surface area (Å²) in [5, 5.41) is 3.00. The van der Waals surface area contributed by atoms with Crippen LogP contribution in [0.15, 0.2) is 77.7 Å². The van der Waals surface area contributed by atoms with Crippen LogP contribution < -0.4 is 9.62 Å². The number of anilines is 1. The molecule has 0 unspecified atom stereocenters. The van der Waals surface area contributed by atoms with E-state index >= 15 is 0 Å². The highest BCUT2D eigenvalue weighted by Gasteiger charge is 2.36. The summed E-state index contributed by atoms with van der Waals surface area (Å²) in [5.74, 6) is -0.559. The van der Waals surface area contributed by atoms with Crippen LogP contribution in [0.4, 0.5) is 10.1 Å². The Balaban J connectivity index is 1.67. The molecule has 0 spiro atoms. The van der Waals surface area contributed by atoms with Gasteiger partial charge in [-0.1, -0.05) is 62.4 Å². The second-order valence-corrected chi connectivity index (χ2v) is 10.2. The van der Waals surface area contributed by atoms with Crippen LogP contribution in [0.25, 0.3) is 11.1 Å². The van der Waals surface area contributed by atoms with E-state index in [0.717, 1.165) is 9.87 Å². The van der Waals surface area contributed by atoms with Crippen molar-refractivity contribution in [3.05, 3.63) is 84.2 Å². The predicted molar refractivity (Wildman–Crippen MR) is 123 cm³/mol. The van der Waals surface area contributed by atoms with Crippen molar-refractivity contribution in [3.63, 3.8) is 0 Å². The average Bonchev–Trinajstić information content (AvgIpc) is 2.77. The standard InChI is InChI=1S/C25H25FN2O3S/c1-17(2)14-22(18-8-4-3-5-9-18)27-25(29)16-28-23-13-12-19(26)15-21(23)20-10-6-7-11-24(20)32(28,30)31/h3-13,15,17,22H,14,16H2,1-2H3,(H,27,29)/t22-/m1/s1. The molecule has 1 atom stereocenters. The number of sulfonamides is 1. The van der Waals surface area contributed by atoms with Crippen molar-refractivity contribution >= 4 is 21.6 Å². The van der Waals surface area contributed by atoms with Gasteiger partial charge in [0, 0.05) is 11.1 Å². The molecular weight excluding hydrogens is 427 g/mol. The zero-order valence-corrected chi connectivity index (χ0v) is 18.8. The normalized spacial score (nSPS) is 15.1. The molecule has 0 saturated carbocycles. The number of carbonyl (C=O) groups excluding carboxylic acids is 1. The molecule has 1 aliphatic rings. The molecule has 0 fully saturated rings. The summed E-state index contributed by atoms with van der Waals surface area (Å²) in [4.78, 5) is 13.1. The lowest BCUT2D eigenvalue weighted by atomic mass is 9.97. The smallest absolute Gasteiger partial charge is 0.265 e. The third-order valence-corrected chi connectivity index (χ3v) is 7.32. The number of halogens is 1. The number of hydrogen-bond donors (Lipinski definition) is 1. The molecule has 0 radical (unpaired) electrons. The van der Waals surface area contributed by atoms with E-state index in [1.54, 1.807) is 18.2 Å². The van der Waals surface area contributed by atoms with Crippen molar-refractivity contribution < 1.29 is 17.6 Å². The number of benzene rings is 3. The van der Waals surface area contributed by atoms with Crippen molar-refractivity contribution in [3.8, 4) is 11.1 Å².